The van der Waals surface area contributed by atoms with Gasteiger partial charge in [0.15, 0.2) is 0 Å². The molecule has 0 aliphatic carbocycles. The largest absolute Gasteiger partial charge is 0.464 e. The maximum absolute atomic E-state index is 5.60. The Bertz CT molecular complexity index is 518. The molecule has 2 aromatic heterocycles. The van der Waals surface area contributed by atoms with Gasteiger partial charge in [-0.3, -0.25) is 0 Å². The fraction of sp³-hybridized carbons (Fsp3) is 0.455. The monoisotopic (exact) mass is 280 g/mol. The smallest absolute Gasteiger partial charge is 0.323 e. The molecular formula is C11H16N6OS. The summed E-state index contributed by atoms with van der Waals surface area (Å²) in [4.78, 5) is 16.3. The van der Waals surface area contributed by atoms with Gasteiger partial charge in [0, 0.05) is 24.0 Å². The van der Waals surface area contributed by atoms with Crippen LogP contribution in [0, 0.1) is 0 Å². The van der Waals surface area contributed by atoms with E-state index in [-0.39, 0.29) is 17.9 Å². The zero-order valence-corrected chi connectivity index (χ0v) is 11.6. The van der Waals surface area contributed by atoms with E-state index in [4.69, 9.17) is 10.5 Å². The van der Waals surface area contributed by atoms with Crippen molar-refractivity contribution >= 4 is 23.2 Å². The second-order valence-corrected chi connectivity index (χ2v) is 4.81. The number of anilines is 2. The first-order valence-electron chi connectivity index (χ1n) is 5.96. The first-order valence-corrected chi connectivity index (χ1v) is 6.84. The van der Waals surface area contributed by atoms with Gasteiger partial charge in [0.1, 0.15) is 0 Å². The summed E-state index contributed by atoms with van der Waals surface area (Å²) in [5.74, 6) is 0.829. The van der Waals surface area contributed by atoms with Crippen LogP contribution in [0.4, 0.5) is 11.9 Å². The minimum absolute atomic E-state index is 0.142. The van der Waals surface area contributed by atoms with Crippen molar-refractivity contribution in [2.45, 2.75) is 19.8 Å². The van der Waals surface area contributed by atoms with Crippen molar-refractivity contribution in [2.24, 2.45) is 0 Å². The summed E-state index contributed by atoms with van der Waals surface area (Å²) in [6, 6.07) is 0.236. The van der Waals surface area contributed by atoms with Crippen molar-refractivity contribution in [3.63, 3.8) is 0 Å². The van der Waals surface area contributed by atoms with E-state index in [0.717, 1.165) is 5.01 Å². The van der Waals surface area contributed by atoms with Gasteiger partial charge in [-0.15, -0.1) is 11.3 Å². The van der Waals surface area contributed by atoms with Crippen LogP contribution in [0.15, 0.2) is 11.6 Å². The van der Waals surface area contributed by atoms with Gasteiger partial charge in [0.05, 0.1) is 11.6 Å². The van der Waals surface area contributed by atoms with E-state index < -0.39 is 0 Å². The van der Waals surface area contributed by atoms with Crippen LogP contribution in [0.3, 0.4) is 0 Å². The van der Waals surface area contributed by atoms with Gasteiger partial charge in [-0.2, -0.15) is 15.0 Å². The molecule has 0 saturated heterocycles. The molecule has 1 atom stereocenters. The van der Waals surface area contributed by atoms with Gasteiger partial charge in [-0.25, -0.2) is 4.98 Å². The summed E-state index contributed by atoms with van der Waals surface area (Å²) in [6.07, 6.45) is 1.80. The maximum atomic E-state index is 5.60. The Kier molecular flexibility index (Phi) is 4.45. The molecule has 8 heteroatoms. The first-order chi connectivity index (χ1) is 9.19. The van der Waals surface area contributed by atoms with Gasteiger partial charge in [0.2, 0.25) is 11.9 Å². The summed E-state index contributed by atoms with van der Waals surface area (Å²) in [6.45, 7) is 5.10. The minimum atomic E-state index is 0.142. The minimum Gasteiger partial charge on any atom is -0.464 e. The zero-order valence-electron chi connectivity index (χ0n) is 10.8. The second kappa shape index (κ2) is 6.28. The molecule has 2 aromatic rings. The SMILES string of the molecule is CCOc1nc(N)nc(NCC(C)c2nccs2)n1. The third-order valence-electron chi connectivity index (χ3n) is 2.34. The molecule has 0 radical (unpaired) electrons. The topological polar surface area (TPSA) is 98.8 Å². The van der Waals surface area contributed by atoms with E-state index >= 15 is 0 Å². The van der Waals surface area contributed by atoms with Crippen LogP contribution >= 0.6 is 11.3 Å². The van der Waals surface area contributed by atoms with Crippen molar-refractivity contribution in [1.82, 2.24) is 19.9 Å². The van der Waals surface area contributed by atoms with Gasteiger partial charge >= 0.3 is 6.01 Å². The molecule has 1 unspecified atom stereocenters. The Balaban J connectivity index is 1.99. The number of nitrogens with one attached hydrogen (secondary N) is 1. The molecule has 0 spiro atoms. The van der Waals surface area contributed by atoms with Crippen molar-refractivity contribution in [2.75, 3.05) is 24.2 Å². The Morgan fingerprint density at radius 2 is 2.26 bits per heavy atom. The summed E-state index contributed by atoms with van der Waals surface area (Å²) < 4.78 is 5.21. The lowest BCUT2D eigenvalue weighted by Gasteiger charge is -2.10. The average molecular weight is 280 g/mol. The van der Waals surface area contributed by atoms with Crippen LogP contribution in [-0.4, -0.2) is 33.1 Å². The fourth-order valence-electron chi connectivity index (χ4n) is 1.45. The van der Waals surface area contributed by atoms with Crippen LogP contribution < -0.4 is 15.8 Å². The molecule has 0 fully saturated rings. The number of rotatable bonds is 6. The van der Waals surface area contributed by atoms with Crippen LogP contribution in [0.2, 0.25) is 0 Å². The highest BCUT2D eigenvalue weighted by Gasteiger charge is 2.10. The predicted octanol–water partition coefficient (Wildman–Crippen LogP) is 1.52. The summed E-state index contributed by atoms with van der Waals surface area (Å²) in [5.41, 5.74) is 5.60. The zero-order chi connectivity index (χ0) is 13.7. The quantitative estimate of drug-likeness (QED) is 0.827. The number of ether oxygens (including phenoxy) is 1. The number of nitrogen functional groups attached to an aromatic ring is 1. The lowest BCUT2D eigenvalue weighted by atomic mass is 10.2. The number of aromatic nitrogens is 4. The number of hydrogen-bond donors (Lipinski definition) is 2. The molecule has 0 aliphatic rings. The van der Waals surface area contributed by atoms with Crippen LogP contribution in [0.5, 0.6) is 6.01 Å². The molecule has 0 aromatic carbocycles. The van der Waals surface area contributed by atoms with Crippen LogP contribution in [-0.2, 0) is 0 Å². The number of thiazole rings is 1. The third-order valence-corrected chi connectivity index (χ3v) is 3.35. The molecule has 0 aliphatic heterocycles. The molecule has 19 heavy (non-hydrogen) atoms. The third kappa shape index (κ3) is 3.75. The number of nitrogens with zero attached hydrogens (tertiary/aromatic N) is 4. The average Bonchev–Trinajstić information content (AvgIpc) is 2.89. The fourth-order valence-corrected chi connectivity index (χ4v) is 2.15. The van der Waals surface area contributed by atoms with E-state index in [1.54, 1.807) is 17.5 Å². The predicted molar refractivity (Wildman–Crippen MR) is 74.4 cm³/mol. The van der Waals surface area contributed by atoms with Crippen molar-refractivity contribution in [1.29, 1.82) is 0 Å². The molecular weight excluding hydrogens is 264 g/mol. The summed E-state index contributed by atoms with van der Waals surface area (Å²) in [5, 5.41) is 6.14. The van der Waals surface area contributed by atoms with E-state index in [2.05, 4.69) is 32.2 Å². The standard InChI is InChI=1S/C11H16N6OS/c1-3-18-11-16-9(12)15-10(17-11)14-6-7(2)8-13-4-5-19-8/h4-5,7H,3,6H2,1-2H3,(H3,12,14,15,16,17). The van der Waals surface area contributed by atoms with Crippen molar-refractivity contribution in [3.8, 4) is 6.01 Å². The van der Waals surface area contributed by atoms with Gasteiger partial charge in [0.25, 0.3) is 0 Å². The maximum Gasteiger partial charge on any atom is 0.323 e. The van der Waals surface area contributed by atoms with E-state index in [1.807, 2.05) is 12.3 Å². The van der Waals surface area contributed by atoms with Crippen molar-refractivity contribution < 1.29 is 4.74 Å². The molecule has 2 heterocycles. The van der Waals surface area contributed by atoms with Gasteiger partial charge in [-0.05, 0) is 6.92 Å². The van der Waals surface area contributed by atoms with Gasteiger partial charge < -0.3 is 15.8 Å². The molecule has 102 valence electrons. The highest BCUT2D eigenvalue weighted by Crippen LogP contribution is 2.18. The Hall–Kier alpha value is -1.96. The molecule has 0 bridgehead atoms. The Morgan fingerprint density at radius 1 is 1.42 bits per heavy atom. The van der Waals surface area contributed by atoms with Crippen LogP contribution in [0.1, 0.15) is 24.8 Å². The van der Waals surface area contributed by atoms with E-state index in [1.165, 1.54) is 0 Å². The second-order valence-electron chi connectivity index (χ2n) is 3.89. The summed E-state index contributed by atoms with van der Waals surface area (Å²) >= 11 is 1.63. The molecule has 0 saturated carbocycles. The highest BCUT2D eigenvalue weighted by molar-refractivity contribution is 7.09. The Morgan fingerprint density at radius 3 is 2.95 bits per heavy atom. The molecule has 3 N–H and O–H groups in total. The van der Waals surface area contributed by atoms with Gasteiger partial charge in [-0.1, -0.05) is 6.92 Å². The number of nitrogens with two attached hydrogens (primary N) is 1. The molecule has 7 nitrogen and oxygen atoms in total. The molecule has 0 amide bonds. The van der Waals surface area contributed by atoms with E-state index in [0.29, 0.717) is 19.1 Å². The summed E-state index contributed by atoms with van der Waals surface area (Å²) in [7, 11) is 0. The first kappa shape index (κ1) is 13.5. The Labute approximate surface area is 115 Å². The normalized spacial score (nSPS) is 12.1. The highest BCUT2D eigenvalue weighted by atomic mass is 32.1. The molecule has 2 rings (SSSR count). The number of hydrogen-bond acceptors (Lipinski definition) is 8. The lowest BCUT2D eigenvalue weighted by molar-refractivity contribution is 0.312. The van der Waals surface area contributed by atoms with Crippen LogP contribution in [0.25, 0.3) is 0 Å². The lowest BCUT2D eigenvalue weighted by Crippen LogP contribution is -2.14. The van der Waals surface area contributed by atoms with E-state index in [9.17, 15) is 0 Å². The van der Waals surface area contributed by atoms with Crippen molar-refractivity contribution in [3.05, 3.63) is 16.6 Å².